The first kappa shape index (κ1) is 9.05. The molecule has 0 saturated heterocycles. The lowest BCUT2D eigenvalue weighted by atomic mass is 9.67. The fourth-order valence-corrected chi connectivity index (χ4v) is 1.89. The van der Waals surface area contributed by atoms with Crippen molar-refractivity contribution < 1.29 is 5.11 Å². The zero-order valence-corrected chi connectivity index (χ0v) is 8.15. The summed E-state index contributed by atoms with van der Waals surface area (Å²) in [4.78, 5) is 0. The van der Waals surface area contributed by atoms with Gasteiger partial charge in [-0.25, -0.2) is 0 Å². The van der Waals surface area contributed by atoms with Crippen LogP contribution in [-0.4, -0.2) is 11.2 Å². The highest BCUT2D eigenvalue weighted by Crippen LogP contribution is 2.50. The second-order valence-electron chi connectivity index (χ2n) is 5.21. The monoisotopic (exact) mass is 156 g/mol. The minimum Gasteiger partial charge on any atom is -0.393 e. The van der Waals surface area contributed by atoms with Gasteiger partial charge in [-0.3, -0.25) is 0 Å². The average Bonchev–Trinajstić information content (AvgIpc) is 2.10. The van der Waals surface area contributed by atoms with Crippen molar-refractivity contribution in [1.82, 2.24) is 0 Å². The van der Waals surface area contributed by atoms with Gasteiger partial charge in [-0.2, -0.15) is 0 Å². The first-order valence-corrected chi connectivity index (χ1v) is 4.53. The van der Waals surface area contributed by atoms with E-state index in [9.17, 15) is 5.11 Å². The van der Waals surface area contributed by atoms with Crippen molar-refractivity contribution in [3.8, 4) is 0 Å². The standard InChI is InChI=1S/C10H20O/c1-9(2,3)10(4)6-5-8(11)7-10/h8,11H,5-7H2,1-4H3. The normalized spacial score (nSPS) is 39.5. The number of aliphatic hydroxyl groups is 1. The van der Waals surface area contributed by atoms with Crippen LogP contribution in [-0.2, 0) is 0 Å². The Labute approximate surface area is 69.8 Å². The van der Waals surface area contributed by atoms with E-state index in [1.807, 2.05) is 0 Å². The van der Waals surface area contributed by atoms with Crippen molar-refractivity contribution in [2.45, 2.75) is 53.1 Å². The SMILES string of the molecule is CC(C)(C)C1(C)CCC(O)C1. The third-order valence-electron chi connectivity index (χ3n) is 3.53. The molecule has 0 spiro atoms. The minimum atomic E-state index is -0.0424. The topological polar surface area (TPSA) is 20.2 Å². The zero-order chi connectivity index (χ0) is 8.70. The quantitative estimate of drug-likeness (QED) is 0.571. The minimum absolute atomic E-state index is 0.0424. The largest absolute Gasteiger partial charge is 0.393 e. The maximum Gasteiger partial charge on any atom is 0.0545 e. The molecular formula is C10H20O. The second-order valence-corrected chi connectivity index (χ2v) is 5.21. The van der Waals surface area contributed by atoms with Crippen LogP contribution < -0.4 is 0 Å². The Kier molecular flexibility index (Phi) is 2.04. The van der Waals surface area contributed by atoms with E-state index in [0.29, 0.717) is 10.8 Å². The molecule has 1 aliphatic rings. The van der Waals surface area contributed by atoms with Gasteiger partial charge < -0.3 is 5.11 Å². The van der Waals surface area contributed by atoms with Gasteiger partial charge in [0.2, 0.25) is 0 Å². The Balaban J connectivity index is 2.69. The molecule has 1 N–H and O–H groups in total. The molecule has 1 aliphatic carbocycles. The Hall–Kier alpha value is -0.0400. The molecule has 0 aromatic heterocycles. The first-order chi connectivity index (χ1) is 4.85. The fourth-order valence-electron chi connectivity index (χ4n) is 1.89. The molecule has 1 saturated carbocycles. The third kappa shape index (κ3) is 1.58. The Bertz CT molecular complexity index is 145. The molecule has 0 radical (unpaired) electrons. The molecule has 1 nitrogen and oxygen atoms in total. The van der Waals surface area contributed by atoms with Crippen LogP contribution in [0.15, 0.2) is 0 Å². The summed E-state index contributed by atoms with van der Waals surface area (Å²) in [6.07, 6.45) is 3.11. The Morgan fingerprint density at radius 3 is 2.09 bits per heavy atom. The van der Waals surface area contributed by atoms with E-state index in [1.54, 1.807) is 0 Å². The zero-order valence-electron chi connectivity index (χ0n) is 8.15. The maximum atomic E-state index is 9.43. The lowest BCUT2D eigenvalue weighted by Gasteiger charge is -2.38. The number of rotatable bonds is 0. The first-order valence-electron chi connectivity index (χ1n) is 4.53. The molecule has 0 heterocycles. The molecule has 0 bridgehead atoms. The van der Waals surface area contributed by atoms with Crippen molar-refractivity contribution >= 4 is 0 Å². The highest BCUT2D eigenvalue weighted by Gasteiger charge is 2.42. The van der Waals surface area contributed by atoms with E-state index < -0.39 is 0 Å². The fraction of sp³-hybridized carbons (Fsp3) is 1.00. The lowest BCUT2D eigenvalue weighted by molar-refractivity contribution is 0.0877. The molecule has 11 heavy (non-hydrogen) atoms. The van der Waals surface area contributed by atoms with Crippen LogP contribution in [0.5, 0.6) is 0 Å². The van der Waals surface area contributed by atoms with Crippen LogP contribution in [0.3, 0.4) is 0 Å². The second kappa shape index (κ2) is 2.48. The third-order valence-corrected chi connectivity index (χ3v) is 3.53. The van der Waals surface area contributed by atoms with Crippen LogP contribution in [0.25, 0.3) is 0 Å². The van der Waals surface area contributed by atoms with Gasteiger partial charge in [0, 0.05) is 0 Å². The highest BCUT2D eigenvalue weighted by molar-refractivity contribution is 4.93. The van der Waals surface area contributed by atoms with E-state index in [4.69, 9.17) is 0 Å². The molecule has 0 aromatic rings. The molecule has 1 rings (SSSR count). The Morgan fingerprint density at radius 2 is 1.91 bits per heavy atom. The van der Waals surface area contributed by atoms with Gasteiger partial charge >= 0.3 is 0 Å². The van der Waals surface area contributed by atoms with Crippen LogP contribution in [0.4, 0.5) is 0 Å². The van der Waals surface area contributed by atoms with Gasteiger partial charge in [-0.15, -0.1) is 0 Å². The predicted molar refractivity (Wildman–Crippen MR) is 47.4 cm³/mol. The summed E-state index contributed by atoms with van der Waals surface area (Å²) < 4.78 is 0. The van der Waals surface area contributed by atoms with Crippen molar-refractivity contribution in [3.63, 3.8) is 0 Å². The molecule has 2 unspecified atom stereocenters. The van der Waals surface area contributed by atoms with E-state index >= 15 is 0 Å². The van der Waals surface area contributed by atoms with E-state index in [-0.39, 0.29) is 6.10 Å². The van der Waals surface area contributed by atoms with Gasteiger partial charge in [0.1, 0.15) is 0 Å². The summed E-state index contributed by atoms with van der Waals surface area (Å²) in [5, 5.41) is 9.43. The highest BCUT2D eigenvalue weighted by atomic mass is 16.3. The molecule has 0 aromatic carbocycles. The number of hydrogen-bond donors (Lipinski definition) is 1. The number of hydrogen-bond acceptors (Lipinski definition) is 1. The summed E-state index contributed by atoms with van der Waals surface area (Å²) >= 11 is 0. The van der Waals surface area contributed by atoms with Crippen molar-refractivity contribution in [2.75, 3.05) is 0 Å². The van der Waals surface area contributed by atoms with Gasteiger partial charge in [0.15, 0.2) is 0 Å². The Morgan fingerprint density at radius 1 is 1.36 bits per heavy atom. The molecule has 0 amide bonds. The molecule has 66 valence electrons. The predicted octanol–water partition coefficient (Wildman–Crippen LogP) is 2.58. The van der Waals surface area contributed by atoms with Crippen LogP contribution in [0, 0.1) is 10.8 Å². The number of aliphatic hydroxyl groups excluding tert-OH is 1. The lowest BCUT2D eigenvalue weighted by Crippen LogP contribution is -2.30. The smallest absolute Gasteiger partial charge is 0.0545 e. The van der Waals surface area contributed by atoms with Gasteiger partial charge in [0.05, 0.1) is 6.10 Å². The van der Waals surface area contributed by atoms with E-state index in [1.165, 1.54) is 6.42 Å². The van der Waals surface area contributed by atoms with E-state index in [2.05, 4.69) is 27.7 Å². The summed E-state index contributed by atoms with van der Waals surface area (Å²) in [5.74, 6) is 0. The van der Waals surface area contributed by atoms with E-state index in [0.717, 1.165) is 12.8 Å². The van der Waals surface area contributed by atoms with Crippen LogP contribution in [0.2, 0.25) is 0 Å². The van der Waals surface area contributed by atoms with Crippen molar-refractivity contribution in [1.29, 1.82) is 0 Å². The van der Waals surface area contributed by atoms with Crippen molar-refractivity contribution in [2.24, 2.45) is 10.8 Å². The van der Waals surface area contributed by atoms with Gasteiger partial charge in [0.25, 0.3) is 0 Å². The maximum absolute atomic E-state index is 9.43. The molecule has 2 atom stereocenters. The average molecular weight is 156 g/mol. The molecule has 0 aliphatic heterocycles. The summed E-state index contributed by atoms with van der Waals surface area (Å²) in [6, 6.07) is 0. The molecular weight excluding hydrogens is 136 g/mol. The summed E-state index contributed by atoms with van der Waals surface area (Å²) in [5.41, 5.74) is 0.691. The summed E-state index contributed by atoms with van der Waals surface area (Å²) in [7, 11) is 0. The van der Waals surface area contributed by atoms with Crippen LogP contribution >= 0.6 is 0 Å². The molecule has 1 heteroatoms. The van der Waals surface area contributed by atoms with Gasteiger partial charge in [-0.05, 0) is 30.1 Å². The van der Waals surface area contributed by atoms with Crippen molar-refractivity contribution in [3.05, 3.63) is 0 Å². The summed E-state index contributed by atoms with van der Waals surface area (Å²) in [6.45, 7) is 9.10. The van der Waals surface area contributed by atoms with Crippen LogP contribution in [0.1, 0.15) is 47.0 Å². The van der Waals surface area contributed by atoms with Gasteiger partial charge in [-0.1, -0.05) is 27.7 Å². The molecule has 1 fully saturated rings.